The molecule has 3 aromatic carbocycles. The minimum absolute atomic E-state index is 0.150. The number of nitrogens with zero attached hydrogens (tertiary/aromatic N) is 2. The van der Waals surface area contributed by atoms with Crippen molar-refractivity contribution in [3.05, 3.63) is 100 Å². The summed E-state index contributed by atoms with van der Waals surface area (Å²) in [5.41, 5.74) is 3.20. The van der Waals surface area contributed by atoms with Gasteiger partial charge in [-0.1, -0.05) is 90.8 Å². The van der Waals surface area contributed by atoms with E-state index in [-0.39, 0.29) is 12.5 Å². The van der Waals surface area contributed by atoms with E-state index in [1.54, 1.807) is 12.1 Å². The Kier molecular flexibility index (Phi) is 11.8. The Hall–Kier alpha value is -3.17. The highest BCUT2D eigenvalue weighted by atomic mass is 79.9. The lowest BCUT2D eigenvalue weighted by Crippen LogP contribution is -2.53. The zero-order valence-electron chi connectivity index (χ0n) is 23.3. The van der Waals surface area contributed by atoms with Gasteiger partial charge in [-0.25, -0.2) is 8.42 Å². The maximum atomic E-state index is 14.1. The van der Waals surface area contributed by atoms with Gasteiger partial charge in [-0.2, -0.15) is 0 Å². The quantitative estimate of drug-likeness (QED) is 0.245. The molecule has 0 aliphatic carbocycles. The SMILES string of the molecule is CCCCNC(=O)[C@@H](Cc1ccccc1)N(Cc1ccc(Br)cc1)C(=O)CN(c1ccc(CC)cc1)S(C)(=O)=O. The first kappa shape index (κ1) is 31.4. The highest BCUT2D eigenvalue weighted by Gasteiger charge is 2.33. The molecule has 0 spiro atoms. The molecule has 0 unspecified atom stereocenters. The Labute approximate surface area is 246 Å². The number of nitrogens with one attached hydrogen (secondary N) is 1. The number of carbonyl (C=O) groups is 2. The normalized spacial score (nSPS) is 12.0. The molecule has 1 N–H and O–H groups in total. The second-order valence-corrected chi connectivity index (χ2v) is 12.6. The first-order chi connectivity index (χ1) is 19.1. The second-order valence-electron chi connectivity index (χ2n) is 9.79. The average molecular weight is 629 g/mol. The summed E-state index contributed by atoms with van der Waals surface area (Å²) < 4.78 is 27.8. The maximum absolute atomic E-state index is 14.1. The number of aryl methyl sites for hydroxylation is 1. The van der Waals surface area contributed by atoms with Crippen LogP contribution in [0.25, 0.3) is 0 Å². The Balaban J connectivity index is 2.01. The summed E-state index contributed by atoms with van der Waals surface area (Å²) in [6.45, 7) is 4.29. The molecule has 214 valence electrons. The van der Waals surface area contributed by atoms with E-state index >= 15 is 0 Å². The summed E-state index contributed by atoms with van der Waals surface area (Å²) in [5, 5.41) is 2.99. The summed E-state index contributed by atoms with van der Waals surface area (Å²) >= 11 is 3.44. The predicted octanol–water partition coefficient (Wildman–Crippen LogP) is 5.33. The molecular weight excluding hydrogens is 590 g/mol. The van der Waals surface area contributed by atoms with Crippen LogP contribution in [0.3, 0.4) is 0 Å². The first-order valence-electron chi connectivity index (χ1n) is 13.5. The van der Waals surface area contributed by atoms with Crippen molar-refractivity contribution >= 4 is 43.5 Å². The number of halogens is 1. The van der Waals surface area contributed by atoms with Crippen LogP contribution >= 0.6 is 15.9 Å². The molecular formula is C31H38BrN3O4S. The van der Waals surface area contributed by atoms with Crippen molar-refractivity contribution in [2.45, 2.75) is 52.1 Å². The van der Waals surface area contributed by atoms with Crippen LogP contribution in [-0.2, 0) is 39.0 Å². The molecule has 3 rings (SSSR count). The molecule has 0 aromatic heterocycles. The number of unbranched alkanes of at least 4 members (excludes halogenated alkanes) is 1. The van der Waals surface area contributed by atoms with Crippen molar-refractivity contribution < 1.29 is 18.0 Å². The van der Waals surface area contributed by atoms with Crippen molar-refractivity contribution in [1.29, 1.82) is 0 Å². The smallest absolute Gasteiger partial charge is 0.244 e. The van der Waals surface area contributed by atoms with Crippen LogP contribution in [0.1, 0.15) is 43.4 Å². The van der Waals surface area contributed by atoms with Crippen molar-refractivity contribution in [3.8, 4) is 0 Å². The number of amides is 2. The van der Waals surface area contributed by atoms with Gasteiger partial charge in [0.25, 0.3) is 0 Å². The van der Waals surface area contributed by atoms with Gasteiger partial charge in [0.05, 0.1) is 11.9 Å². The Morgan fingerprint density at radius 3 is 2.08 bits per heavy atom. The lowest BCUT2D eigenvalue weighted by atomic mass is 10.0. The molecule has 0 aliphatic heterocycles. The van der Waals surface area contributed by atoms with E-state index in [4.69, 9.17) is 0 Å². The largest absolute Gasteiger partial charge is 0.354 e. The van der Waals surface area contributed by atoms with E-state index in [2.05, 4.69) is 21.2 Å². The summed E-state index contributed by atoms with van der Waals surface area (Å²) in [5.74, 6) is -0.722. The summed E-state index contributed by atoms with van der Waals surface area (Å²) in [4.78, 5) is 29.2. The third-order valence-corrected chi connectivity index (χ3v) is 8.35. The van der Waals surface area contributed by atoms with Gasteiger partial charge in [-0.3, -0.25) is 13.9 Å². The molecule has 0 aliphatic rings. The number of benzene rings is 3. The van der Waals surface area contributed by atoms with E-state index in [0.29, 0.717) is 18.7 Å². The van der Waals surface area contributed by atoms with Crippen molar-refractivity contribution in [2.24, 2.45) is 0 Å². The molecule has 0 radical (unpaired) electrons. The molecule has 0 heterocycles. The van der Waals surface area contributed by atoms with Gasteiger partial charge in [-0.15, -0.1) is 0 Å². The molecule has 0 fully saturated rings. The lowest BCUT2D eigenvalue weighted by Gasteiger charge is -2.33. The summed E-state index contributed by atoms with van der Waals surface area (Å²) in [6, 6.07) is 23.4. The zero-order valence-corrected chi connectivity index (χ0v) is 25.7. The van der Waals surface area contributed by atoms with Crippen molar-refractivity contribution in [2.75, 3.05) is 23.7 Å². The fourth-order valence-corrected chi connectivity index (χ4v) is 5.47. The van der Waals surface area contributed by atoms with E-state index in [1.807, 2.05) is 80.6 Å². The second kappa shape index (κ2) is 15.0. The molecule has 7 nitrogen and oxygen atoms in total. The fraction of sp³-hybridized carbons (Fsp3) is 0.355. The van der Waals surface area contributed by atoms with E-state index in [9.17, 15) is 18.0 Å². The Morgan fingerprint density at radius 1 is 0.875 bits per heavy atom. The molecule has 0 bridgehead atoms. The number of hydrogen-bond donors (Lipinski definition) is 1. The molecule has 0 saturated heterocycles. The summed E-state index contributed by atoms with van der Waals surface area (Å²) in [7, 11) is -3.79. The fourth-order valence-electron chi connectivity index (χ4n) is 4.36. The topological polar surface area (TPSA) is 86.8 Å². The van der Waals surface area contributed by atoms with Gasteiger partial charge in [0.15, 0.2) is 0 Å². The molecule has 9 heteroatoms. The Morgan fingerprint density at radius 2 is 1.50 bits per heavy atom. The van der Waals surface area contributed by atoms with Gasteiger partial charge in [-0.05, 0) is 53.8 Å². The number of anilines is 1. The predicted molar refractivity (Wildman–Crippen MR) is 165 cm³/mol. The van der Waals surface area contributed by atoms with Crippen LogP contribution in [0.5, 0.6) is 0 Å². The molecule has 0 saturated carbocycles. The average Bonchev–Trinajstić information content (AvgIpc) is 2.94. The van der Waals surface area contributed by atoms with Crippen LogP contribution in [0.2, 0.25) is 0 Å². The van der Waals surface area contributed by atoms with Gasteiger partial charge < -0.3 is 10.2 Å². The third-order valence-electron chi connectivity index (χ3n) is 6.68. The number of sulfonamides is 1. The maximum Gasteiger partial charge on any atom is 0.244 e. The van der Waals surface area contributed by atoms with Crippen LogP contribution in [0.15, 0.2) is 83.3 Å². The molecule has 1 atom stereocenters. The lowest BCUT2D eigenvalue weighted by molar-refractivity contribution is -0.140. The van der Waals surface area contributed by atoms with Crippen molar-refractivity contribution in [3.63, 3.8) is 0 Å². The standard InChI is InChI=1S/C31H38BrN3O4S/c1-4-6-20-33-31(37)29(21-25-10-8-7-9-11-25)34(22-26-12-16-27(32)17-13-26)30(36)23-35(40(3,38)39)28-18-14-24(5-2)15-19-28/h7-19,29H,4-6,20-23H2,1-3H3,(H,33,37)/t29-/m1/s1. The number of carbonyl (C=O) groups excluding carboxylic acids is 2. The van der Waals surface area contributed by atoms with Crippen LogP contribution in [0, 0.1) is 0 Å². The van der Waals surface area contributed by atoms with Gasteiger partial charge >= 0.3 is 0 Å². The van der Waals surface area contributed by atoms with E-state index in [1.165, 1.54) is 4.90 Å². The van der Waals surface area contributed by atoms with Gasteiger partial charge in [0, 0.05) is 24.0 Å². The van der Waals surface area contributed by atoms with E-state index in [0.717, 1.165) is 51.0 Å². The Bertz CT molecular complexity index is 1350. The number of hydrogen-bond acceptors (Lipinski definition) is 4. The van der Waals surface area contributed by atoms with Gasteiger partial charge in [0.1, 0.15) is 12.6 Å². The monoisotopic (exact) mass is 627 g/mol. The third kappa shape index (κ3) is 9.20. The van der Waals surface area contributed by atoms with Crippen molar-refractivity contribution in [1.82, 2.24) is 10.2 Å². The summed E-state index contributed by atoms with van der Waals surface area (Å²) in [6.07, 6.45) is 3.94. The zero-order chi connectivity index (χ0) is 29.1. The molecule has 3 aromatic rings. The van der Waals surface area contributed by atoms with Crippen LogP contribution in [-0.4, -0.2) is 50.5 Å². The first-order valence-corrected chi connectivity index (χ1v) is 16.2. The van der Waals surface area contributed by atoms with Gasteiger partial charge in [0.2, 0.25) is 21.8 Å². The molecule has 40 heavy (non-hydrogen) atoms. The highest BCUT2D eigenvalue weighted by molar-refractivity contribution is 9.10. The van der Waals surface area contributed by atoms with Crippen LogP contribution < -0.4 is 9.62 Å². The molecule has 2 amide bonds. The minimum atomic E-state index is -3.79. The number of rotatable bonds is 14. The van der Waals surface area contributed by atoms with E-state index < -0.39 is 28.5 Å². The van der Waals surface area contributed by atoms with Crippen LogP contribution in [0.4, 0.5) is 5.69 Å². The highest BCUT2D eigenvalue weighted by Crippen LogP contribution is 2.22. The minimum Gasteiger partial charge on any atom is -0.354 e.